The fourth-order valence-corrected chi connectivity index (χ4v) is 5.38. The highest BCUT2D eigenvalue weighted by Crippen LogP contribution is 2.56. The third-order valence-corrected chi connectivity index (χ3v) is 6.73. The minimum atomic E-state index is -0.657. The van der Waals surface area contributed by atoms with Gasteiger partial charge in [0.05, 0.1) is 6.34 Å². The summed E-state index contributed by atoms with van der Waals surface area (Å²) < 4.78 is 0. The van der Waals surface area contributed by atoms with Crippen LogP contribution in [0.25, 0.3) is 0 Å². The summed E-state index contributed by atoms with van der Waals surface area (Å²) >= 11 is 0. The van der Waals surface area contributed by atoms with Gasteiger partial charge in [-0.1, -0.05) is 42.0 Å². The molecule has 3 atom stereocenters. The minimum absolute atomic E-state index is 0.0811. The first-order valence-corrected chi connectivity index (χ1v) is 9.88. The SMILES string of the molecule is O=C1N(CCc2ccccc2)C=N[C@]12C1CCC3=C(/C=C\C(O)=C/C[C@@H]32)C1. The molecular weight excluding hydrogens is 336 g/mol. The van der Waals surface area contributed by atoms with Crippen LogP contribution in [-0.2, 0) is 11.2 Å². The molecule has 1 amide bonds. The molecule has 0 aromatic heterocycles. The number of aliphatic hydroxyl groups excluding tert-OH is 1. The Bertz CT molecular complexity index is 896. The number of carbonyl (C=O) groups excluding carboxylic acids is 1. The van der Waals surface area contributed by atoms with Crippen LogP contribution in [0.5, 0.6) is 0 Å². The minimum Gasteiger partial charge on any atom is -0.508 e. The lowest BCUT2D eigenvalue weighted by Crippen LogP contribution is -2.57. The van der Waals surface area contributed by atoms with Crippen molar-refractivity contribution in [3.63, 3.8) is 0 Å². The van der Waals surface area contributed by atoms with E-state index >= 15 is 0 Å². The number of hydrogen-bond acceptors (Lipinski definition) is 3. The van der Waals surface area contributed by atoms with E-state index in [1.807, 2.05) is 35.3 Å². The van der Waals surface area contributed by atoms with E-state index in [0.717, 1.165) is 25.7 Å². The second-order valence-corrected chi connectivity index (χ2v) is 8.04. The molecule has 1 aliphatic heterocycles. The van der Waals surface area contributed by atoms with Gasteiger partial charge in [-0.25, -0.2) is 0 Å². The van der Waals surface area contributed by atoms with Crippen molar-refractivity contribution in [1.29, 1.82) is 0 Å². The summed E-state index contributed by atoms with van der Waals surface area (Å²) in [6, 6.07) is 10.3. The Labute approximate surface area is 159 Å². The number of hydrogen-bond donors (Lipinski definition) is 1. The number of carbonyl (C=O) groups is 1. The Balaban J connectivity index is 1.43. The van der Waals surface area contributed by atoms with Gasteiger partial charge in [0.1, 0.15) is 5.76 Å². The first kappa shape index (κ1) is 16.5. The van der Waals surface area contributed by atoms with E-state index in [2.05, 4.69) is 12.1 Å². The zero-order valence-corrected chi connectivity index (χ0v) is 15.3. The predicted molar refractivity (Wildman–Crippen MR) is 105 cm³/mol. The number of allylic oxidation sites excluding steroid dienone is 4. The van der Waals surface area contributed by atoms with Gasteiger partial charge in [0.15, 0.2) is 5.54 Å². The van der Waals surface area contributed by atoms with Gasteiger partial charge < -0.3 is 10.0 Å². The maximum Gasteiger partial charge on any atom is 0.256 e. The fraction of sp³-hybridized carbons (Fsp3) is 0.391. The van der Waals surface area contributed by atoms with Crippen molar-refractivity contribution in [2.45, 2.75) is 37.6 Å². The summed E-state index contributed by atoms with van der Waals surface area (Å²) in [5.74, 6) is 0.791. The fourth-order valence-electron chi connectivity index (χ4n) is 5.38. The molecule has 27 heavy (non-hydrogen) atoms. The number of rotatable bonds is 3. The molecule has 1 heterocycles. The molecule has 4 bridgehead atoms. The molecule has 1 aromatic rings. The van der Waals surface area contributed by atoms with Gasteiger partial charge in [-0.2, -0.15) is 0 Å². The van der Waals surface area contributed by atoms with Crippen LogP contribution in [0.2, 0.25) is 0 Å². The lowest BCUT2D eigenvalue weighted by Gasteiger charge is -2.50. The average Bonchev–Trinajstić information content (AvgIpc) is 3.01. The maximum absolute atomic E-state index is 13.6. The Morgan fingerprint density at radius 3 is 2.93 bits per heavy atom. The number of nitrogens with zero attached hydrogens (tertiary/aromatic N) is 2. The van der Waals surface area contributed by atoms with Crippen LogP contribution in [0.3, 0.4) is 0 Å². The van der Waals surface area contributed by atoms with E-state index in [0.29, 0.717) is 18.7 Å². The highest BCUT2D eigenvalue weighted by atomic mass is 16.3. The van der Waals surface area contributed by atoms with Crippen molar-refractivity contribution in [1.82, 2.24) is 4.90 Å². The van der Waals surface area contributed by atoms with E-state index in [4.69, 9.17) is 4.99 Å². The lowest BCUT2D eigenvalue weighted by atomic mass is 9.55. The normalized spacial score (nSPS) is 34.6. The Hall–Kier alpha value is -2.62. The van der Waals surface area contributed by atoms with Crippen LogP contribution in [0, 0.1) is 11.8 Å². The summed E-state index contributed by atoms with van der Waals surface area (Å²) in [4.78, 5) is 20.3. The van der Waals surface area contributed by atoms with Gasteiger partial charge >= 0.3 is 0 Å². The Morgan fingerprint density at radius 2 is 2.07 bits per heavy atom. The Morgan fingerprint density at radius 1 is 1.22 bits per heavy atom. The highest BCUT2D eigenvalue weighted by Gasteiger charge is 2.60. The largest absolute Gasteiger partial charge is 0.508 e. The van der Waals surface area contributed by atoms with Crippen molar-refractivity contribution in [2.24, 2.45) is 16.8 Å². The zero-order chi connectivity index (χ0) is 18.4. The van der Waals surface area contributed by atoms with Gasteiger partial charge in [0.2, 0.25) is 0 Å². The summed E-state index contributed by atoms with van der Waals surface area (Å²) in [6.07, 6.45) is 12.0. The molecule has 1 unspecified atom stereocenters. The zero-order valence-electron chi connectivity index (χ0n) is 15.3. The molecule has 1 aromatic carbocycles. The van der Waals surface area contributed by atoms with Gasteiger partial charge in [0, 0.05) is 12.5 Å². The van der Waals surface area contributed by atoms with Gasteiger partial charge in [-0.15, -0.1) is 0 Å². The van der Waals surface area contributed by atoms with E-state index in [1.165, 1.54) is 16.7 Å². The van der Waals surface area contributed by atoms with Gasteiger partial charge in [-0.05, 0) is 61.3 Å². The number of aliphatic hydroxyl groups is 1. The standard InChI is InChI=1S/C23H24N2O2/c26-19-8-6-17-14-18-7-10-20(17)21(11-9-19)23(18)22(27)25(15-24-23)13-12-16-4-2-1-3-5-16/h1-6,8-9,15,18,21,26H,7,10-14H2/b8-6-,19-9+/t18?,21-,23-/m0/s1. The number of fused-ring (bicyclic) bond motifs is 1. The molecule has 6 rings (SSSR count). The number of amides is 1. The third kappa shape index (κ3) is 2.50. The molecule has 1 saturated carbocycles. The summed E-state index contributed by atoms with van der Waals surface area (Å²) in [5, 5.41) is 10.0. The molecule has 1 spiro atoms. The lowest BCUT2D eigenvalue weighted by molar-refractivity contribution is -0.136. The Kier molecular flexibility index (Phi) is 3.81. The van der Waals surface area contributed by atoms with E-state index in [9.17, 15) is 9.90 Å². The molecule has 0 saturated heterocycles. The first-order chi connectivity index (χ1) is 13.2. The predicted octanol–water partition coefficient (Wildman–Crippen LogP) is 3.97. The topological polar surface area (TPSA) is 52.9 Å². The summed E-state index contributed by atoms with van der Waals surface area (Å²) in [5.41, 5.74) is 3.27. The quantitative estimate of drug-likeness (QED) is 0.887. The summed E-state index contributed by atoms with van der Waals surface area (Å²) in [7, 11) is 0. The highest BCUT2D eigenvalue weighted by molar-refractivity contribution is 6.01. The molecule has 4 nitrogen and oxygen atoms in total. The van der Waals surface area contributed by atoms with Crippen LogP contribution in [0.4, 0.5) is 0 Å². The molecule has 0 radical (unpaired) electrons. The molecule has 1 fully saturated rings. The third-order valence-electron chi connectivity index (χ3n) is 6.73. The molecule has 4 aliphatic carbocycles. The molecular formula is C23H24N2O2. The van der Waals surface area contributed by atoms with Gasteiger partial charge in [-0.3, -0.25) is 9.79 Å². The van der Waals surface area contributed by atoms with Crippen LogP contribution in [0.15, 0.2) is 70.5 Å². The summed E-state index contributed by atoms with van der Waals surface area (Å²) in [6.45, 7) is 0.667. The van der Waals surface area contributed by atoms with E-state index in [1.54, 1.807) is 12.4 Å². The molecule has 138 valence electrons. The smallest absolute Gasteiger partial charge is 0.256 e. The van der Waals surface area contributed by atoms with E-state index in [-0.39, 0.29) is 17.7 Å². The van der Waals surface area contributed by atoms with Crippen molar-refractivity contribution in [3.8, 4) is 0 Å². The molecule has 5 aliphatic rings. The van der Waals surface area contributed by atoms with E-state index < -0.39 is 5.54 Å². The number of aliphatic imine (C=N–C) groups is 1. The van der Waals surface area contributed by atoms with Crippen molar-refractivity contribution in [3.05, 3.63) is 71.0 Å². The van der Waals surface area contributed by atoms with Crippen LogP contribution >= 0.6 is 0 Å². The first-order valence-electron chi connectivity index (χ1n) is 9.88. The molecule has 1 N–H and O–H groups in total. The number of benzene rings is 1. The van der Waals surface area contributed by atoms with Crippen molar-refractivity contribution < 1.29 is 9.90 Å². The maximum atomic E-state index is 13.6. The molecule has 4 heteroatoms. The monoisotopic (exact) mass is 360 g/mol. The second-order valence-electron chi connectivity index (χ2n) is 8.04. The van der Waals surface area contributed by atoms with Gasteiger partial charge in [0.25, 0.3) is 5.91 Å². The average molecular weight is 360 g/mol. The second kappa shape index (κ2) is 6.22. The van der Waals surface area contributed by atoms with Crippen LogP contribution in [-0.4, -0.2) is 34.3 Å². The van der Waals surface area contributed by atoms with Crippen LogP contribution < -0.4 is 0 Å². The van der Waals surface area contributed by atoms with Crippen molar-refractivity contribution in [2.75, 3.05) is 6.54 Å². The van der Waals surface area contributed by atoms with Crippen LogP contribution in [0.1, 0.15) is 31.2 Å². The van der Waals surface area contributed by atoms with Crippen molar-refractivity contribution >= 4 is 12.2 Å².